The number of piperidine rings is 1. The van der Waals surface area contributed by atoms with Gasteiger partial charge in [0.05, 0.1) is 11.7 Å². The fourth-order valence-corrected chi connectivity index (χ4v) is 2.64. The molecule has 23 heavy (non-hydrogen) atoms. The fraction of sp³-hybridized carbons (Fsp3) is 0.312. The van der Waals surface area contributed by atoms with Gasteiger partial charge in [-0.1, -0.05) is 6.07 Å². The molecule has 1 fully saturated rings. The van der Waals surface area contributed by atoms with E-state index in [0.29, 0.717) is 23.6 Å². The van der Waals surface area contributed by atoms with Crippen molar-refractivity contribution < 1.29 is 19.4 Å². The van der Waals surface area contributed by atoms with Crippen LogP contribution in [0.5, 0.6) is 0 Å². The number of hydrogen-bond donors (Lipinski definition) is 2. The highest BCUT2D eigenvalue weighted by Gasteiger charge is 2.20. The molecule has 1 saturated heterocycles. The maximum Gasteiger partial charge on any atom is 0.338 e. The van der Waals surface area contributed by atoms with Gasteiger partial charge in [-0.05, 0) is 30.5 Å². The number of aliphatic hydroxyl groups is 1. The summed E-state index contributed by atoms with van der Waals surface area (Å²) in [4.78, 5) is 21.4. The Morgan fingerprint density at radius 3 is 2.65 bits per heavy atom. The van der Waals surface area contributed by atoms with E-state index in [1.165, 1.54) is 12.1 Å². The number of halogens is 1. The molecule has 1 atom stereocenters. The van der Waals surface area contributed by atoms with Crippen LogP contribution in [0.25, 0.3) is 11.1 Å². The summed E-state index contributed by atoms with van der Waals surface area (Å²) in [5.74, 6) is -1.57. The van der Waals surface area contributed by atoms with Gasteiger partial charge < -0.3 is 15.1 Å². The number of aromatic nitrogens is 2. The molecule has 0 radical (unpaired) electrons. The van der Waals surface area contributed by atoms with Gasteiger partial charge in [0.25, 0.3) is 0 Å². The van der Waals surface area contributed by atoms with E-state index < -0.39 is 11.8 Å². The predicted octanol–water partition coefficient (Wildman–Crippen LogP) is 1.94. The number of benzene rings is 1. The average Bonchev–Trinajstić information content (AvgIpc) is 2.55. The first kappa shape index (κ1) is 15.4. The van der Waals surface area contributed by atoms with Crippen molar-refractivity contribution in [2.45, 2.75) is 18.9 Å². The number of nitrogens with zero attached hydrogens (tertiary/aromatic N) is 3. The summed E-state index contributed by atoms with van der Waals surface area (Å²) in [6.45, 7) is 1.29. The normalized spacial score (nSPS) is 18.0. The third-order valence-corrected chi connectivity index (χ3v) is 3.85. The van der Waals surface area contributed by atoms with E-state index in [2.05, 4.69) is 9.97 Å². The second-order valence-corrected chi connectivity index (χ2v) is 5.51. The van der Waals surface area contributed by atoms with E-state index in [0.717, 1.165) is 25.5 Å². The molecule has 1 aromatic carbocycles. The number of aromatic carboxylic acids is 1. The Hall–Kier alpha value is -2.54. The molecule has 1 aromatic heterocycles. The summed E-state index contributed by atoms with van der Waals surface area (Å²) < 4.78 is 13.4. The highest BCUT2D eigenvalue weighted by Crippen LogP contribution is 2.23. The maximum absolute atomic E-state index is 13.4. The monoisotopic (exact) mass is 317 g/mol. The van der Waals surface area contributed by atoms with Gasteiger partial charge in [0, 0.05) is 31.0 Å². The third-order valence-electron chi connectivity index (χ3n) is 3.85. The molecule has 0 saturated carbocycles. The minimum Gasteiger partial charge on any atom is -0.478 e. The SMILES string of the molecule is O=C(O)c1cc(-c2cnc(N3CCCC(O)C3)nc2)ccc1F. The zero-order chi connectivity index (χ0) is 16.4. The Labute approximate surface area is 132 Å². The van der Waals surface area contributed by atoms with E-state index in [9.17, 15) is 14.3 Å². The van der Waals surface area contributed by atoms with Crippen LogP contribution in [0.2, 0.25) is 0 Å². The fourth-order valence-electron chi connectivity index (χ4n) is 2.64. The van der Waals surface area contributed by atoms with Gasteiger partial charge in [-0.25, -0.2) is 19.2 Å². The van der Waals surface area contributed by atoms with Crippen molar-refractivity contribution in [2.24, 2.45) is 0 Å². The number of rotatable bonds is 3. The minimum atomic E-state index is -1.32. The quantitative estimate of drug-likeness (QED) is 0.900. The number of carboxylic acids is 1. The standard InChI is InChI=1S/C16H16FN3O3/c17-14-4-3-10(6-13(14)15(22)23)11-7-18-16(19-8-11)20-5-1-2-12(21)9-20/h3-4,6-8,12,21H,1-2,5,9H2,(H,22,23). The molecular weight excluding hydrogens is 301 g/mol. The zero-order valence-corrected chi connectivity index (χ0v) is 12.3. The predicted molar refractivity (Wildman–Crippen MR) is 81.8 cm³/mol. The van der Waals surface area contributed by atoms with Crippen molar-refractivity contribution in [3.63, 3.8) is 0 Å². The molecule has 2 N–H and O–H groups in total. The van der Waals surface area contributed by atoms with Crippen molar-refractivity contribution in [1.29, 1.82) is 0 Å². The van der Waals surface area contributed by atoms with Gasteiger partial charge in [-0.3, -0.25) is 0 Å². The van der Waals surface area contributed by atoms with Crippen molar-refractivity contribution in [3.8, 4) is 11.1 Å². The molecule has 0 spiro atoms. The van der Waals surface area contributed by atoms with Crippen molar-refractivity contribution in [3.05, 3.63) is 42.0 Å². The summed E-state index contributed by atoms with van der Waals surface area (Å²) in [6, 6.07) is 3.87. The Morgan fingerprint density at radius 2 is 2.00 bits per heavy atom. The summed E-state index contributed by atoms with van der Waals surface area (Å²) in [6.07, 6.45) is 4.43. The zero-order valence-electron chi connectivity index (χ0n) is 12.3. The summed E-state index contributed by atoms with van der Waals surface area (Å²) in [7, 11) is 0. The van der Waals surface area contributed by atoms with Crippen LogP contribution in [-0.2, 0) is 0 Å². The molecule has 0 amide bonds. The van der Waals surface area contributed by atoms with Crippen LogP contribution in [-0.4, -0.2) is 45.3 Å². The maximum atomic E-state index is 13.4. The molecule has 6 nitrogen and oxygen atoms in total. The first-order valence-corrected chi connectivity index (χ1v) is 7.33. The van der Waals surface area contributed by atoms with Crippen LogP contribution in [0, 0.1) is 5.82 Å². The van der Waals surface area contributed by atoms with Gasteiger partial charge in [-0.2, -0.15) is 0 Å². The van der Waals surface area contributed by atoms with Gasteiger partial charge in [0.15, 0.2) is 0 Å². The lowest BCUT2D eigenvalue weighted by atomic mass is 10.1. The van der Waals surface area contributed by atoms with Gasteiger partial charge in [0.2, 0.25) is 5.95 Å². The molecule has 2 heterocycles. The molecule has 1 aliphatic heterocycles. The molecule has 0 bridgehead atoms. The minimum absolute atomic E-state index is 0.373. The lowest BCUT2D eigenvalue weighted by molar-refractivity contribution is 0.0692. The van der Waals surface area contributed by atoms with Gasteiger partial charge in [-0.15, -0.1) is 0 Å². The van der Waals surface area contributed by atoms with Crippen LogP contribution in [0.1, 0.15) is 23.2 Å². The van der Waals surface area contributed by atoms with E-state index in [1.807, 2.05) is 4.90 Å². The van der Waals surface area contributed by atoms with E-state index in [-0.39, 0.29) is 11.7 Å². The molecule has 1 aliphatic rings. The second-order valence-electron chi connectivity index (χ2n) is 5.51. The molecule has 3 rings (SSSR count). The number of β-amino-alcohol motifs (C(OH)–C–C–N with tert-alkyl or cyclic N) is 1. The van der Waals surface area contributed by atoms with Crippen molar-refractivity contribution in [1.82, 2.24) is 9.97 Å². The summed E-state index contributed by atoms with van der Waals surface area (Å²) in [5, 5.41) is 18.7. The lowest BCUT2D eigenvalue weighted by Gasteiger charge is -2.29. The van der Waals surface area contributed by atoms with Crippen molar-refractivity contribution >= 4 is 11.9 Å². The largest absolute Gasteiger partial charge is 0.478 e. The molecule has 2 aromatic rings. The Kier molecular flexibility index (Phi) is 4.20. The van der Waals surface area contributed by atoms with Gasteiger partial charge >= 0.3 is 5.97 Å². The Bertz CT molecular complexity index is 721. The lowest BCUT2D eigenvalue weighted by Crippen LogP contribution is -2.39. The van der Waals surface area contributed by atoms with Crippen LogP contribution < -0.4 is 4.90 Å². The van der Waals surface area contributed by atoms with Crippen LogP contribution in [0.3, 0.4) is 0 Å². The first-order chi connectivity index (χ1) is 11.0. The number of carbonyl (C=O) groups is 1. The highest BCUT2D eigenvalue weighted by atomic mass is 19.1. The Morgan fingerprint density at radius 1 is 1.26 bits per heavy atom. The second kappa shape index (κ2) is 6.29. The van der Waals surface area contributed by atoms with E-state index in [1.54, 1.807) is 12.4 Å². The van der Waals surface area contributed by atoms with Crippen molar-refractivity contribution in [2.75, 3.05) is 18.0 Å². The van der Waals surface area contributed by atoms with Gasteiger partial charge in [0.1, 0.15) is 5.82 Å². The molecule has 0 aliphatic carbocycles. The molecular formula is C16H16FN3O3. The molecule has 7 heteroatoms. The Balaban J connectivity index is 1.85. The number of aliphatic hydroxyl groups excluding tert-OH is 1. The van der Waals surface area contributed by atoms with Crippen LogP contribution in [0.4, 0.5) is 10.3 Å². The summed E-state index contributed by atoms with van der Waals surface area (Å²) in [5.41, 5.74) is 0.758. The molecule has 120 valence electrons. The molecule has 1 unspecified atom stereocenters. The number of carboxylic acid groups (broad SMARTS) is 1. The van der Waals surface area contributed by atoms with Crippen LogP contribution in [0.15, 0.2) is 30.6 Å². The third kappa shape index (κ3) is 3.29. The number of hydrogen-bond acceptors (Lipinski definition) is 5. The smallest absolute Gasteiger partial charge is 0.338 e. The van der Waals surface area contributed by atoms with E-state index in [4.69, 9.17) is 5.11 Å². The van der Waals surface area contributed by atoms with E-state index >= 15 is 0 Å². The average molecular weight is 317 g/mol. The number of anilines is 1. The topological polar surface area (TPSA) is 86.5 Å². The highest BCUT2D eigenvalue weighted by molar-refractivity contribution is 5.89. The first-order valence-electron chi connectivity index (χ1n) is 7.33. The summed E-state index contributed by atoms with van der Waals surface area (Å²) >= 11 is 0. The van der Waals surface area contributed by atoms with Crippen LogP contribution >= 0.6 is 0 Å².